The van der Waals surface area contributed by atoms with Gasteiger partial charge in [0.2, 0.25) is 5.91 Å². The molecule has 0 aromatic heterocycles. The average molecular weight is 399 g/mol. The molecule has 0 radical (unpaired) electrons. The summed E-state index contributed by atoms with van der Waals surface area (Å²) in [6.45, 7) is 2.65. The fourth-order valence-electron chi connectivity index (χ4n) is 3.07. The van der Waals surface area contributed by atoms with Crippen molar-refractivity contribution < 1.29 is 14.0 Å². The van der Waals surface area contributed by atoms with Gasteiger partial charge >= 0.3 is 0 Å². The Morgan fingerprint density at radius 2 is 1.96 bits per heavy atom. The second kappa shape index (κ2) is 8.60. The highest BCUT2D eigenvalue weighted by atomic mass is 79.9. The summed E-state index contributed by atoms with van der Waals surface area (Å²) in [7, 11) is 0. The summed E-state index contributed by atoms with van der Waals surface area (Å²) < 4.78 is 14.6. The first-order chi connectivity index (χ1) is 11.5. The van der Waals surface area contributed by atoms with E-state index in [1.165, 1.54) is 12.1 Å². The van der Waals surface area contributed by atoms with Gasteiger partial charge in [0.15, 0.2) is 0 Å². The molecule has 0 spiro atoms. The van der Waals surface area contributed by atoms with E-state index >= 15 is 0 Å². The first kappa shape index (κ1) is 18.9. The minimum Gasteiger partial charge on any atom is -0.354 e. The Morgan fingerprint density at radius 3 is 2.62 bits per heavy atom. The SMILES string of the molecule is CCCCNC(=O)C1(NC(=O)c2cc(Br)ccc2F)CCCCC1. The average Bonchev–Trinajstić information content (AvgIpc) is 2.58. The highest BCUT2D eigenvalue weighted by molar-refractivity contribution is 9.10. The molecule has 0 heterocycles. The lowest BCUT2D eigenvalue weighted by Gasteiger charge is -2.36. The van der Waals surface area contributed by atoms with Crippen molar-refractivity contribution in [2.45, 2.75) is 57.4 Å². The maximum atomic E-state index is 14.0. The fourth-order valence-corrected chi connectivity index (χ4v) is 3.43. The quantitative estimate of drug-likeness (QED) is 0.712. The van der Waals surface area contributed by atoms with Crippen LogP contribution in [0.1, 0.15) is 62.2 Å². The molecule has 0 saturated heterocycles. The third-order valence-electron chi connectivity index (χ3n) is 4.48. The van der Waals surface area contributed by atoms with Gasteiger partial charge in [0.05, 0.1) is 5.56 Å². The van der Waals surface area contributed by atoms with E-state index in [1.54, 1.807) is 6.07 Å². The number of nitrogens with one attached hydrogen (secondary N) is 2. The summed E-state index contributed by atoms with van der Waals surface area (Å²) in [6.07, 6.45) is 5.87. The summed E-state index contributed by atoms with van der Waals surface area (Å²) in [5.74, 6) is -1.28. The van der Waals surface area contributed by atoms with Gasteiger partial charge < -0.3 is 10.6 Å². The number of rotatable bonds is 6. The molecule has 1 fully saturated rings. The number of hydrogen-bond donors (Lipinski definition) is 2. The summed E-state index contributed by atoms with van der Waals surface area (Å²) in [4.78, 5) is 25.3. The summed E-state index contributed by atoms with van der Waals surface area (Å²) >= 11 is 3.25. The van der Waals surface area contributed by atoms with Gasteiger partial charge in [0, 0.05) is 11.0 Å². The zero-order chi connectivity index (χ0) is 17.6. The Morgan fingerprint density at radius 1 is 1.25 bits per heavy atom. The molecule has 6 heteroatoms. The standard InChI is InChI=1S/C18H24BrFN2O2/c1-2-3-11-21-17(24)18(9-5-4-6-10-18)22-16(23)14-12-13(19)7-8-15(14)20/h7-8,12H,2-6,9-11H2,1H3,(H,21,24)(H,22,23). The number of unbranched alkanes of at least 4 members (excludes halogenated alkanes) is 1. The molecule has 1 aliphatic rings. The smallest absolute Gasteiger partial charge is 0.255 e. The second-order valence-corrected chi connectivity index (χ2v) is 7.25. The van der Waals surface area contributed by atoms with Crippen molar-refractivity contribution in [3.05, 3.63) is 34.1 Å². The molecule has 24 heavy (non-hydrogen) atoms. The van der Waals surface area contributed by atoms with E-state index in [0.717, 1.165) is 32.1 Å². The number of halogens is 2. The van der Waals surface area contributed by atoms with E-state index in [9.17, 15) is 14.0 Å². The predicted octanol–water partition coefficient (Wildman–Crippen LogP) is 3.94. The van der Waals surface area contributed by atoms with Crippen molar-refractivity contribution in [1.29, 1.82) is 0 Å². The van der Waals surface area contributed by atoms with E-state index in [-0.39, 0.29) is 11.5 Å². The molecule has 2 rings (SSSR count). The van der Waals surface area contributed by atoms with E-state index < -0.39 is 17.3 Å². The first-order valence-corrected chi connectivity index (χ1v) is 9.34. The molecule has 2 amide bonds. The maximum Gasteiger partial charge on any atom is 0.255 e. The third-order valence-corrected chi connectivity index (χ3v) is 4.98. The number of amides is 2. The van der Waals surface area contributed by atoms with Crippen LogP contribution in [-0.4, -0.2) is 23.9 Å². The van der Waals surface area contributed by atoms with Crippen LogP contribution in [0.25, 0.3) is 0 Å². The van der Waals surface area contributed by atoms with Crippen LogP contribution in [0.4, 0.5) is 4.39 Å². The van der Waals surface area contributed by atoms with Crippen molar-refractivity contribution in [3.63, 3.8) is 0 Å². The van der Waals surface area contributed by atoms with Gasteiger partial charge in [-0.15, -0.1) is 0 Å². The largest absolute Gasteiger partial charge is 0.354 e. The minimum absolute atomic E-state index is 0.0457. The molecule has 2 N–H and O–H groups in total. The van der Waals surface area contributed by atoms with Crippen molar-refractivity contribution >= 4 is 27.7 Å². The number of carbonyl (C=O) groups excluding carboxylic acids is 2. The normalized spacial score (nSPS) is 16.5. The first-order valence-electron chi connectivity index (χ1n) is 8.54. The number of carbonyl (C=O) groups is 2. The van der Waals surface area contributed by atoms with Crippen LogP contribution in [0.5, 0.6) is 0 Å². The summed E-state index contributed by atoms with van der Waals surface area (Å²) in [5, 5.41) is 5.75. The van der Waals surface area contributed by atoms with Crippen molar-refractivity contribution in [2.75, 3.05) is 6.54 Å². The minimum atomic E-state index is -0.933. The summed E-state index contributed by atoms with van der Waals surface area (Å²) in [6, 6.07) is 4.23. The monoisotopic (exact) mass is 398 g/mol. The topological polar surface area (TPSA) is 58.2 Å². The highest BCUT2D eigenvalue weighted by Crippen LogP contribution is 2.29. The van der Waals surface area contributed by atoms with Crippen LogP contribution in [0.15, 0.2) is 22.7 Å². The zero-order valence-corrected chi connectivity index (χ0v) is 15.5. The van der Waals surface area contributed by atoms with E-state index in [0.29, 0.717) is 23.9 Å². The molecule has 0 atom stereocenters. The molecule has 0 unspecified atom stereocenters. The molecule has 1 aromatic rings. The molecular formula is C18H24BrFN2O2. The Labute approximate surface area is 150 Å². The van der Waals surface area contributed by atoms with Gasteiger partial charge in [-0.3, -0.25) is 9.59 Å². The van der Waals surface area contributed by atoms with Crippen LogP contribution < -0.4 is 10.6 Å². The molecule has 4 nitrogen and oxygen atoms in total. The van der Waals surface area contributed by atoms with Crippen LogP contribution in [0.2, 0.25) is 0 Å². The number of benzene rings is 1. The van der Waals surface area contributed by atoms with Gasteiger partial charge in [0.1, 0.15) is 11.4 Å². The lowest BCUT2D eigenvalue weighted by atomic mass is 9.80. The molecular weight excluding hydrogens is 375 g/mol. The molecule has 0 aliphatic heterocycles. The molecule has 1 saturated carbocycles. The Hall–Kier alpha value is -1.43. The fraction of sp³-hybridized carbons (Fsp3) is 0.556. The second-order valence-electron chi connectivity index (χ2n) is 6.33. The van der Waals surface area contributed by atoms with Crippen LogP contribution >= 0.6 is 15.9 Å². The highest BCUT2D eigenvalue weighted by Gasteiger charge is 2.41. The molecule has 1 aromatic carbocycles. The van der Waals surface area contributed by atoms with Gasteiger partial charge in [-0.25, -0.2) is 4.39 Å². The van der Waals surface area contributed by atoms with Gasteiger partial charge in [0.25, 0.3) is 5.91 Å². The maximum absolute atomic E-state index is 14.0. The summed E-state index contributed by atoms with van der Waals surface area (Å²) in [5.41, 5.74) is -0.978. The zero-order valence-electron chi connectivity index (χ0n) is 14.0. The van der Waals surface area contributed by atoms with Crippen LogP contribution in [0, 0.1) is 5.82 Å². The van der Waals surface area contributed by atoms with Crippen molar-refractivity contribution in [2.24, 2.45) is 0 Å². The molecule has 0 bridgehead atoms. The Kier molecular flexibility index (Phi) is 6.78. The van der Waals surface area contributed by atoms with Crippen molar-refractivity contribution in [1.82, 2.24) is 10.6 Å². The van der Waals surface area contributed by atoms with E-state index in [1.807, 2.05) is 0 Å². The van der Waals surface area contributed by atoms with Crippen LogP contribution in [0.3, 0.4) is 0 Å². The lowest BCUT2D eigenvalue weighted by molar-refractivity contribution is -0.128. The van der Waals surface area contributed by atoms with E-state index in [2.05, 4.69) is 33.5 Å². The lowest BCUT2D eigenvalue weighted by Crippen LogP contribution is -2.59. The van der Waals surface area contributed by atoms with Crippen LogP contribution in [-0.2, 0) is 4.79 Å². The predicted molar refractivity (Wildman–Crippen MR) is 95.3 cm³/mol. The Balaban J connectivity index is 2.17. The third kappa shape index (κ3) is 4.56. The Bertz CT molecular complexity index is 601. The van der Waals surface area contributed by atoms with Gasteiger partial charge in [-0.2, -0.15) is 0 Å². The molecule has 1 aliphatic carbocycles. The number of hydrogen-bond acceptors (Lipinski definition) is 2. The van der Waals surface area contributed by atoms with Crippen molar-refractivity contribution in [3.8, 4) is 0 Å². The van der Waals surface area contributed by atoms with E-state index in [4.69, 9.17) is 0 Å². The molecule has 132 valence electrons. The van der Waals surface area contributed by atoms with Gasteiger partial charge in [-0.1, -0.05) is 48.5 Å². The van der Waals surface area contributed by atoms with Gasteiger partial charge in [-0.05, 0) is 37.5 Å².